The number of thioether (sulfide) groups is 1. The Morgan fingerprint density at radius 3 is 2.70 bits per heavy atom. The van der Waals surface area contributed by atoms with Gasteiger partial charge in [0.05, 0.1) is 0 Å². The van der Waals surface area contributed by atoms with Crippen molar-refractivity contribution >= 4 is 23.4 Å². The summed E-state index contributed by atoms with van der Waals surface area (Å²) in [5.74, 6) is 1.82. The molecule has 2 heterocycles. The third-order valence-electron chi connectivity index (χ3n) is 3.67. The molecule has 1 unspecified atom stereocenters. The molecule has 0 spiro atoms. The van der Waals surface area contributed by atoms with Gasteiger partial charge in [-0.25, -0.2) is 9.97 Å². The highest BCUT2D eigenvalue weighted by Gasteiger charge is 2.22. The van der Waals surface area contributed by atoms with Crippen LogP contribution >= 0.6 is 11.8 Å². The molecule has 1 aromatic rings. The fraction of sp³-hybridized carbons (Fsp3) is 0.714. The monoisotopic (exact) mass is 295 g/mol. The van der Waals surface area contributed by atoms with Gasteiger partial charge in [-0.2, -0.15) is 0 Å². The highest BCUT2D eigenvalue weighted by Crippen LogP contribution is 2.20. The normalized spacial score (nSPS) is 19.2. The Hall–Kier alpha value is -1.01. The summed E-state index contributed by atoms with van der Waals surface area (Å²) in [5, 5.41) is 7.54. The van der Waals surface area contributed by atoms with E-state index < -0.39 is 0 Å². The van der Waals surface area contributed by atoms with E-state index in [1.54, 1.807) is 11.8 Å². The van der Waals surface area contributed by atoms with E-state index in [1.165, 1.54) is 19.4 Å². The first-order valence-electron chi connectivity index (χ1n) is 7.41. The summed E-state index contributed by atoms with van der Waals surface area (Å²) in [7, 11) is 0. The fourth-order valence-corrected chi connectivity index (χ4v) is 3.02. The van der Waals surface area contributed by atoms with E-state index in [0.717, 1.165) is 36.4 Å². The highest BCUT2D eigenvalue weighted by atomic mass is 32.2. The number of hydrogen-bond acceptors (Lipinski definition) is 6. The molecule has 6 heteroatoms. The second kappa shape index (κ2) is 7.69. The number of rotatable bonds is 7. The number of hydrogen-bond donors (Lipinski definition) is 2. The molecule has 1 aliphatic rings. The third-order valence-corrected chi connectivity index (χ3v) is 4.22. The minimum absolute atomic E-state index is 0.635. The summed E-state index contributed by atoms with van der Waals surface area (Å²) in [5.41, 5.74) is 0. The Labute approximate surface area is 125 Å². The van der Waals surface area contributed by atoms with Gasteiger partial charge in [0.2, 0.25) is 0 Å². The topological polar surface area (TPSA) is 53.1 Å². The van der Waals surface area contributed by atoms with Crippen molar-refractivity contribution in [3.63, 3.8) is 0 Å². The van der Waals surface area contributed by atoms with Gasteiger partial charge < -0.3 is 10.6 Å². The van der Waals surface area contributed by atoms with Crippen LogP contribution in [0.25, 0.3) is 0 Å². The summed E-state index contributed by atoms with van der Waals surface area (Å²) in [6.45, 7) is 8.50. The van der Waals surface area contributed by atoms with E-state index in [1.807, 2.05) is 12.3 Å². The zero-order valence-electron chi connectivity index (χ0n) is 12.6. The molecule has 0 saturated carbocycles. The molecule has 0 amide bonds. The van der Waals surface area contributed by atoms with Crippen LogP contribution in [0.5, 0.6) is 0 Å². The van der Waals surface area contributed by atoms with Gasteiger partial charge in [-0.15, -0.1) is 0 Å². The molecule has 20 heavy (non-hydrogen) atoms. The van der Waals surface area contributed by atoms with Gasteiger partial charge in [-0.1, -0.05) is 18.7 Å². The van der Waals surface area contributed by atoms with Gasteiger partial charge in [-0.3, -0.25) is 4.90 Å². The molecule has 112 valence electrons. The number of nitrogens with zero attached hydrogens (tertiary/aromatic N) is 3. The van der Waals surface area contributed by atoms with Crippen molar-refractivity contribution in [1.29, 1.82) is 0 Å². The van der Waals surface area contributed by atoms with Crippen LogP contribution in [0.2, 0.25) is 0 Å². The zero-order valence-corrected chi connectivity index (χ0v) is 13.5. The molecule has 0 bridgehead atoms. The summed E-state index contributed by atoms with van der Waals surface area (Å²) in [6, 6.07) is 2.63. The largest absolute Gasteiger partial charge is 0.370 e. The first-order valence-corrected chi connectivity index (χ1v) is 8.64. The van der Waals surface area contributed by atoms with Crippen molar-refractivity contribution in [2.45, 2.75) is 37.9 Å². The van der Waals surface area contributed by atoms with E-state index in [0.29, 0.717) is 6.04 Å². The van der Waals surface area contributed by atoms with Crippen LogP contribution in [0.15, 0.2) is 11.2 Å². The van der Waals surface area contributed by atoms with Crippen molar-refractivity contribution in [3.8, 4) is 0 Å². The maximum Gasteiger partial charge on any atom is 0.191 e. The van der Waals surface area contributed by atoms with Crippen LogP contribution in [-0.4, -0.2) is 53.3 Å². The molecule has 1 saturated heterocycles. The Balaban J connectivity index is 1.99. The first-order chi connectivity index (χ1) is 9.76. The molecular formula is C14H25N5S. The maximum atomic E-state index is 4.53. The molecular weight excluding hydrogens is 270 g/mol. The Kier molecular flexibility index (Phi) is 5.91. The Bertz CT molecular complexity index is 426. The standard InChI is InChI=1S/C14H25N5S/c1-4-15-12-9-13(18-14(17-12)20-3)16-10-11-7-6-8-19(11)5-2/h9,11H,4-8,10H2,1-3H3,(H2,15,16,17,18). The van der Waals surface area contributed by atoms with Crippen molar-refractivity contribution in [2.24, 2.45) is 0 Å². The number of likely N-dealkylation sites (tertiary alicyclic amines) is 1. The molecule has 0 aliphatic carbocycles. The molecule has 2 N–H and O–H groups in total. The number of nitrogens with one attached hydrogen (secondary N) is 2. The molecule has 0 radical (unpaired) electrons. The summed E-state index contributed by atoms with van der Waals surface area (Å²) < 4.78 is 0. The second-order valence-corrected chi connectivity index (χ2v) is 5.73. The highest BCUT2D eigenvalue weighted by molar-refractivity contribution is 7.98. The molecule has 1 aromatic heterocycles. The first kappa shape index (κ1) is 15.4. The molecule has 1 aliphatic heterocycles. The van der Waals surface area contributed by atoms with Crippen molar-refractivity contribution < 1.29 is 0 Å². The quantitative estimate of drug-likeness (QED) is 0.595. The van der Waals surface area contributed by atoms with E-state index in [9.17, 15) is 0 Å². The summed E-state index contributed by atoms with van der Waals surface area (Å²) in [4.78, 5) is 11.5. The van der Waals surface area contributed by atoms with E-state index >= 15 is 0 Å². The van der Waals surface area contributed by atoms with Crippen LogP contribution in [0.3, 0.4) is 0 Å². The van der Waals surface area contributed by atoms with Crippen LogP contribution in [0.4, 0.5) is 11.6 Å². The van der Waals surface area contributed by atoms with Crippen LogP contribution in [-0.2, 0) is 0 Å². The molecule has 2 rings (SSSR count). The number of aromatic nitrogens is 2. The van der Waals surface area contributed by atoms with Gasteiger partial charge in [-0.05, 0) is 39.1 Å². The second-order valence-electron chi connectivity index (χ2n) is 4.96. The van der Waals surface area contributed by atoms with Crippen molar-refractivity contribution in [3.05, 3.63) is 6.07 Å². The molecule has 1 fully saturated rings. The Morgan fingerprint density at radius 1 is 1.30 bits per heavy atom. The van der Waals surface area contributed by atoms with Crippen LogP contribution in [0, 0.1) is 0 Å². The van der Waals surface area contributed by atoms with E-state index in [4.69, 9.17) is 0 Å². The minimum Gasteiger partial charge on any atom is -0.370 e. The smallest absolute Gasteiger partial charge is 0.191 e. The SMILES string of the molecule is CCNc1cc(NCC2CCCN2CC)nc(SC)n1. The molecule has 1 atom stereocenters. The van der Waals surface area contributed by atoms with Crippen LogP contribution in [0.1, 0.15) is 26.7 Å². The predicted molar refractivity (Wildman–Crippen MR) is 86.7 cm³/mol. The number of likely N-dealkylation sites (N-methyl/N-ethyl adjacent to an activating group) is 1. The number of anilines is 2. The Morgan fingerprint density at radius 2 is 2.05 bits per heavy atom. The average molecular weight is 295 g/mol. The van der Waals surface area contributed by atoms with Gasteiger partial charge in [0.25, 0.3) is 0 Å². The third kappa shape index (κ3) is 3.99. The summed E-state index contributed by atoms with van der Waals surface area (Å²) >= 11 is 1.57. The van der Waals surface area contributed by atoms with Gasteiger partial charge in [0, 0.05) is 25.2 Å². The van der Waals surface area contributed by atoms with E-state index in [-0.39, 0.29) is 0 Å². The van der Waals surface area contributed by atoms with E-state index in [2.05, 4.69) is 39.3 Å². The average Bonchev–Trinajstić information content (AvgIpc) is 2.92. The van der Waals surface area contributed by atoms with Gasteiger partial charge >= 0.3 is 0 Å². The lowest BCUT2D eigenvalue weighted by Gasteiger charge is -2.23. The minimum atomic E-state index is 0.635. The summed E-state index contributed by atoms with van der Waals surface area (Å²) in [6.07, 6.45) is 4.59. The molecule has 0 aromatic carbocycles. The van der Waals surface area contributed by atoms with Crippen LogP contribution < -0.4 is 10.6 Å². The lowest BCUT2D eigenvalue weighted by molar-refractivity contribution is 0.277. The lowest BCUT2D eigenvalue weighted by Crippen LogP contribution is -2.34. The maximum absolute atomic E-state index is 4.53. The van der Waals surface area contributed by atoms with Crippen molar-refractivity contribution in [1.82, 2.24) is 14.9 Å². The fourth-order valence-electron chi connectivity index (χ4n) is 2.64. The lowest BCUT2D eigenvalue weighted by atomic mass is 10.2. The zero-order chi connectivity index (χ0) is 14.4. The van der Waals surface area contributed by atoms with Gasteiger partial charge in [0.1, 0.15) is 11.6 Å². The van der Waals surface area contributed by atoms with Gasteiger partial charge in [0.15, 0.2) is 5.16 Å². The predicted octanol–water partition coefficient (Wildman–Crippen LogP) is 2.53. The molecule has 5 nitrogen and oxygen atoms in total. The van der Waals surface area contributed by atoms with Crippen molar-refractivity contribution in [2.75, 3.05) is 43.1 Å².